The van der Waals surface area contributed by atoms with Crippen LogP contribution in [0.1, 0.15) is 64.9 Å². The molecule has 0 bridgehead atoms. The molecule has 6 heteroatoms. The molecule has 0 radical (unpaired) electrons. The monoisotopic (exact) mass is 399 g/mol. The number of nitrogens with zero attached hydrogens (tertiary/aromatic N) is 2. The number of nitrogens with two attached hydrogens (primary N) is 1. The minimum absolute atomic E-state index is 0.0838. The van der Waals surface area contributed by atoms with Crippen LogP contribution in [0, 0.1) is 12.3 Å². The third kappa shape index (κ3) is 2.75. The number of amides is 1. The molecule has 2 heterocycles. The Hall–Kier alpha value is -2.27. The third-order valence-electron chi connectivity index (χ3n) is 6.11. The van der Waals surface area contributed by atoms with E-state index in [2.05, 4.69) is 37.2 Å². The second kappa shape index (κ2) is 6.38. The molecule has 4 rings (SSSR count). The molecule has 0 atom stereocenters. The van der Waals surface area contributed by atoms with Crippen LogP contribution in [-0.2, 0) is 12.8 Å². The first-order valence-electron chi connectivity index (χ1n) is 9.79. The zero-order chi connectivity index (χ0) is 20.4. The number of likely N-dealkylation sites (N-methyl/N-ethyl adjacent to an activating group) is 1. The number of rotatable bonds is 2. The molecule has 2 aromatic rings. The van der Waals surface area contributed by atoms with Crippen LogP contribution in [0.4, 0.5) is 5.69 Å². The fourth-order valence-electron chi connectivity index (χ4n) is 4.83. The average molecular weight is 400 g/mol. The Labute approximate surface area is 170 Å². The predicted octanol–water partition coefficient (Wildman–Crippen LogP) is 4.08. The van der Waals surface area contributed by atoms with Gasteiger partial charge in [0, 0.05) is 42.9 Å². The summed E-state index contributed by atoms with van der Waals surface area (Å²) in [6, 6.07) is 3.64. The van der Waals surface area contributed by atoms with Crippen molar-refractivity contribution in [2.75, 3.05) is 18.0 Å². The van der Waals surface area contributed by atoms with Gasteiger partial charge in [-0.2, -0.15) is 0 Å². The number of Topliss-reactive ketones (excluding diaryl/α,β-unsaturated/α-hetero) is 1. The van der Waals surface area contributed by atoms with Crippen molar-refractivity contribution in [1.29, 1.82) is 0 Å². The van der Waals surface area contributed by atoms with Gasteiger partial charge in [-0.05, 0) is 43.4 Å². The van der Waals surface area contributed by atoms with Gasteiger partial charge in [0.1, 0.15) is 0 Å². The van der Waals surface area contributed by atoms with E-state index >= 15 is 0 Å². The van der Waals surface area contributed by atoms with Crippen molar-refractivity contribution in [1.82, 2.24) is 4.57 Å². The molecule has 0 unspecified atom stereocenters. The Morgan fingerprint density at radius 1 is 1.21 bits per heavy atom. The number of aromatic nitrogens is 1. The summed E-state index contributed by atoms with van der Waals surface area (Å²) in [5.41, 5.74) is 11.8. The van der Waals surface area contributed by atoms with Crippen molar-refractivity contribution in [2.45, 2.75) is 47.0 Å². The summed E-state index contributed by atoms with van der Waals surface area (Å²) in [6.07, 6.45) is 2.23. The second-order valence-electron chi connectivity index (χ2n) is 8.68. The molecule has 1 aliphatic heterocycles. The summed E-state index contributed by atoms with van der Waals surface area (Å²) < 4.78 is 2.23. The molecular formula is C22H26ClN3O2. The fourth-order valence-corrected chi connectivity index (χ4v) is 5.08. The summed E-state index contributed by atoms with van der Waals surface area (Å²) in [5.74, 6) is -0.312. The van der Waals surface area contributed by atoms with Gasteiger partial charge in [-0.15, -0.1) is 0 Å². The summed E-state index contributed by atoms with van der Waals surface area (Å²) in [6.45, 7) is 10.1. The molecule has 148 valence electrons. The maximum absolute atomic E-state index is 13.0. The molecule has 5 nitrogen and oxygen atoms in total. The predicted molar refractivity (Wildman–Crippen MR) is 112 cm³/mol. The molecule has 0 saturated heterocycles. The number of hydrogen-bond donors (Lipinski definition) is 1. The Morgan fingerprint density at radius 3 is 2.57 bits per heavy atom. The fraction of sp³-hybridized carbons (Fsp3) is 0.455. The lowest BCUT2D eigenvalue weighted by Crippen LogP contribution is -2.28. The van der Waals surface area contributed by atoms with Gasteiger partial charge in [-0.25, -0.2) is 0 Å². The van der Waals surface area contributed by atoms with Crippen LogP contribution in [0.25, 0.3) is 5.69 Å². The van der Waals surface area contributed by atoms with Gasteiger partial charge >= 0.3 is 0 Å². The number of carbonyl (C=O) groups excluding carboxylic acids is 2. The first kappa shape index (κ1) is 19.1. The minimum Gasteiger partial charge on any atom is -0.370 e. The molecule has 2 N–H and O–H groups in total. The van der Waals surface area contributed by atoms with E-state index in [1.165, 1.54) is 0 Å². The van der Waals surface area contributed by atoms with E-state index in [9.17, 15) is 9.59 Å². The summed E-state index contributed by atoms with van der Waals surface area (Å²) in [5, 5.41) is 0.344. The van der Waals surface area contributed by atoms with Gasteiger partial charge in [0.25, 0.3) is 0 Å². The van der Waals surface area contributed by atoms with Gasteiger partial charge in [0.15, 0.2) is 5.78 Å². The Morgan fingerprint density at radius 2 is 1.93 bits per heavy atom. The van der Waals surface area contributed by atoms with Crippen molar-refractivity contribution in [3.63, 3.8) is 0 Å². The number of ketones is 1. The standard InChI is InChI=1S/C22H26ClN3O2/c1-5-25-7-6-15-12(2)20-18(10-22(3,4)11-19(20)27)26(15)17-9-14(23)13(21(24)28)8-16(17)25/h8-9H,5-7,10-11H2,1-4H3,(H2,24,28). The Kier molecular flexibility index (Phi) is 4.34. The summed E-state index contributed by atoms with van der Waals surface area (Å²) in [4.78, 5) is 27.1. The molecule has 0 spiro atoms. The van der Waals surface area contributed by atoms with Crippen LogP contribution in [-0.4, -0.2) is 29.3 Å². The van der Waals surface area contributed by atoms with E-state index in [1.54, 1.807) is 6.07 Å². The highest BCUT2D eigenvalue weighted by Gasteiger charge is 2.38. The van der Waals surface area contributed by atoms with Gasteiger partial charge in [-0.1, -0.05) is 25.4 Å². The number of carbonyl (C=O) groups is 2. The van der Waals surface area contributed by atoms with E-state index in [0.29, 0.717) is 17.0 Å². The average Bonchev–Trinajstić information content (AvgIpc) is 2.76. The first-order chi connectivity index (χ1) is 13.1. The zero-order valence-corrected chi connectivity index (χ0v) is 17.6. The van der Waals surface area contributed by atoms with Crippen molar-refractivity contribution in [3.8, 4) is 5.69 Å². The lowest BCUT2D eigenvalue weighted by molar-refractivity contribution is 0.0909. The van der Waals surface area contributed by atoms with Crippen molar-refractivity contribution in [2.24, 2.45) is 11.1 Å². The quantitative estimate of drug-likeness (QED) is 0.827. The molecular weight excluding hydrogens is 374 g/mol. The number of benzene rings is 1. The van der Waals surface area contributed by atoms with E-state index in [4.69, 9.17) is 17.3 Å². The van der Waals surface area contributed by atoms with Crippen molar-refractivity contribution in [3.05, 3.63) is 45.2 Å². The topological polar surface area (TPSA) is 68.3 Å². The number of fused-ring (bicyclic) bond motifs is 5. The summed E-state index contributed by atoms with van der Waals surface area (Å²) in [7, 11) is 0. The lowest BCUT2D eigenvalue weighted by Gasteiger charge is -2.31. The van der Waals surface area contributed by atoms with Gasteiger partial charge in [0.05, 0.1) is 22.0 Å². The minimum atomic E-state index is -0.532. The molecule has 2 aliphatic rings. The van der Waals surface area contributed by atoms with E-state index < -0.39 is 5.91 Å². The molecule has 0 saturated carbocycles. The van der Waals surface area contributed by atoms with Gasteiger partial charge in [-0.3, -0.25) is 9.59 Å². The highest BCUT2D eigenvalue weighted by Crippen LogP contribution is 2.43. The highest BCUT2D eigenvalue weighted by molar-refractivity contribution is 6.34. The van der Waals surface area contributed by atoms with Crippen LogP contribution in [0.3, 0.4) is 0 Å². The van der Waals surface area contributed by atoms with Crippen LogP contribution < -0.4 is 10.6 Å². The zero-order valence-electron chi connectivity index (χ0n) is 16.9. The number of halogens is 1. The Balaban J connectivity index is 2.06. The molecule has 1 aliphatic carbocycles. The smallest absolute Gasteiger partial charge is 0.250 e. The van der Waals surface area contributed by atoms with Crippen molar-refractivity contribution < 1.29 is 9.59 Å². The van der Waals surface area contributed by atoms with Crippen LogP contribution in [0.2, 0.25) is 5.02 Å². The number of primary amides is 1. The van der Waals surface area contributed by atoms with E-state index in [0.717, 1.165) is 59.8 Å². The van der Waals surface area contributed by atoms with Gasteiger partial charge in [0.2, 0.25) is 5.91 Å². The van der Waals surface area contributed by atoms with E-state index in [1.807, 2.05) is 6.07 Å². The number of anilines is 1. The largest absolute Gasteiger partial charge is 0.370 e. The normalized spacial score (nSPS) is 17.6. The van der Waals surface area contributed by atoms with Crippen LogP contribution >= 0.6 is 11.6 Å². The number of hydrogen-bond acceptors (Lipinski definition) is 3. The molecule has 0 fully saturated rings. The first-order valence-corrected chi connectivity index (χ1v) is 10.2. The maximum atomic E-state index is 13.0. The van der Waals surface area contributed by atoms with E-state index in [-0.39, 0.29) is 11.2 Å². The van der Waals surface area contributed by atoms with Crippen molar-refractivity contribution >= 4 is 29.0 Å². The Bertz CT molecular complexity index is 1020. The molecule has 1 aromatic carbocycles. The maximum Gasteiger partial charge on any atom is 0.250 e. The highest BCUT2D eigenvalue weighted by atomic mass is 35.5. The van der Waals surface area contributed by atoms with Gasteiger partial charge < -0.3 is 15.2 Å². The molecule has 1 aromatic heterocycles. The third-order valence-corrected chi connectivity index (χ3v) is 6.42. The lowest BCUT2D eigenvalue weighted by atomic mass is 9.75. The molecule has 28 heavy (non-hydrogen) atoms. The molecule has 1 amide bonds. The SMILES string of the molecule is CCN1CCc2c(C)c3c(n2-c2cc(Cl)c(C(N)=O)cc21)CC(C)(C)CC3=O. The van der Waals surface area contributed by atoms with Crippen LogP contribution in [0.5, 0.6) is 0 Å². The summed E-state index contributed by atoms with van der Waals surface area (Å²) >= 11 is 6.44. The van der Waals surface area contributed by atoms with Crippen LogP contribution in [0.15, 0.2) is 12.1 Å². The second-order valence-corrected chi connectivity index (χ2v) is 9.09.